The highest BCUT2D eigenvalue weighted by atomic mass is 16.1. The summed E-state index contributed by atoms with van der Waals surface area (Å²) in [6, 6.07) is 11.6. The number of fused-ring (bicyclic) bond motifs is 2. The standard InChI is InChI=1S/C21H19N3O/c1-2-17-7-5-8-20-23-19-14-15(9-11-16-6-3-4-13-22-16)10-12-18(19)21(25)24(17)20/h3-4,6,10,12-14,17H,2,5,7-8H2,1H3. The van der Waals surface area contributed by atoms with Gasteiger partial charge < -0.3 is 0 Å². The van der Waals surface area contributed by atoms with Crippen molar-refractivity contribution < 1.29 is 0 Å². The van der Waals surface area contributed by atoms with E-state index in [2.05, 4.69) is 23.7 Å². The zero-order valence-electron chi connectivity index (χ0n) is 14.2. The molecule has 25 heavy (non-hydrogen) atoms. The number of aryl methyl sites for hydroxylation is 1. The summed E-state index contributed by atoms with van der Waals surface area (Å²) in [6.45, 7) is 2.13. The van der Waals surface area contributed by atoms with Gasteiger partial charge in [0.2, 0.25) is 0 Å². The third-order valence-corrected chi connectivity index (χ3v) is 4.75. The first-order chi connectivity index (χ1) is 12.3. The summed E-state index contributed by atoms with van der Waals surface area (Å²) in [6.07, 6.45) is 5.71. The van der Waals surface area contributed by atoms with Gasteiger partial charge in [-0.3, -0.25) is 9.36 Å². The number of benzene rings is 1. The molecule has 3 heterocycles. The molecule has 4 rings (SSSR count). The van der Waals surface area contributed by atoms with Gasteiger partial charge in [0.25, 0.3) is 5.56 Å². The Balaban J connectivity index is 1.80. The summed E-state index contributed by atoms with van der Waals surface area (Å²) in [5, 5.41) is 0.674. The smallest absolute Gasteiger partial charge is 0.261 e. The lowest BCUT2D eigenvalue weighted by Crippen LogP contribution is -2.32. The van der Waals surface area contributed by atoms with Crippen molar-refractivity contribution in [2.24, 2.45) is 0 Å². The fourth-order valence-electron chi connectivity index (χ4n) is 3.46. The van der Waals surface area contributed by atoms with Crippen molar-refractivity contribution >= 4 is 10.9 Å². The van der Waals surface area contributed by atoms with Gasteiger partial charge in [-0.25, -0.2) is 9.97 Å². The molecule has 1 unspecified atom stereocenters. The van der Waals surface area contributed by atoms with E-state index < -0.39 is 0 Å². The Labute approximate surface area is 146 Å². The van der Waals surface area contributed by atoms with Crippen molar-refractivity contribution in [3.05, 3.63) is 70.0 Å². The summed E-state index contributed by atoms with van der Waals surface area (Å²) in [7, 11) is 0. The van der Waals surface area contributed by atoms with Gasteiger partial charge in [-0.05, 0) is 55.5 Å². The lowest BCUT2D eigenvalue weighted by Gasteiger charge is -2.26. The third kappa shape index (κ3) is 2.94. The highest BCUT2D eigenvalue weighted by Crippen LogP contribution is 2.25. The van der Waals surface area contributed by atoms with E-state index in [1.807, 2.05) is 41.0 Å². The molecule has 0 aliphatic carbocycles. The van der Waals surface area contributed by atoms with Gasteiger partial charge in [0.1, 0.15) is 11.5 Å². The molecule has 0 radical (unpaired) electrons. The molecule has 0 spiro atoms. The van der Waals surface area contributed by atoms with Crippen LogP contribution in [0.2, 0.25) is 0 Å². The van der Waals surface area contributed by atoms with Gasteiger partial charge in [-0.15, -0.1) is 0 Å². The van der Waals surface area contributed by atoms with Gasteiger partial charge in [-0.1, -0.05) is 18.9 Å². The maximum absolute atomic E-state index is 12.9. The summed E-state index contributed by atoms with van der Waals surface area (Å²) < 4.78 is 1.91. The topological polar surface area (TPSA) is 47.8 Å². The maximum atomic E-state index is 12.9. The van der Waals surface area contributed by atoms with E-state index in [0.717, 1.165) is 48.3 Å². The second-order valence-corrected chi connectivity index (χ2v) is 6.35. The SMILES string of the molecule is CCC1CCCc2nc3cc(C#Cc4ccccn4)ccc3c(=O)n21. The normalized spacial score (nSPS) is 16.1. The molecule has 2 aromatic heterocycles. The van der Waals surface area contributed by atoms with E-state index in [4.69, 9.17) is 4.98 Å². The van der Waals surface area contributed by atoms with Gasteiger partial charge in [-0.2, -0.15) is 0 Å². The van der Waals surface area contributed by atoms with Crippen LogP contribution in [-0.4, -0.2) is 14.5 Å². The molecule has 0 saturated heterocycles. The highest BCUT2D eigenvalue weighted by Gasteiger charge is 2.21. The quantitative estimate of drug-likeness (QED) is 0.642. The Morgan fingerprint density at radius 2 is 2.16 bits per heavy atom. The van der Waals surface area contributed by atoms with E-state index in [0.29, 0.717) is 5.39 Å². The van der Waals surface area contributed by atoms with Crippen LogP contribution in [0, 0.1) is 11.8 Å². The van der Waals surface area contributed by atoms with Crippen molar-refractivity contribution in [3.8, 4) is 11.8 Å². The second kappa shape index (κ2) is 6.52. The van der Waals surface area contributed by atoms with E-state index in [9.17, 15) is 4.79 Å². The van der Waals surface area contributed by atoms with Crippen molar-refractivity contribution in [1.82, 2.24) is 14.5 Å². The lowest BCUT2D eigenvalue weighted by molar-refractivity contribution is 0.372. The van der Waals surface area contributed by atoms with Crippen LogP contribution in [-0.2, 0) is 6.42 Å². The Kier molecular flexibility index (Phi) is 4.07. The summed E-state index contributed by atoms with van der Waals surface area (Å²) >= 11 is 0. The maximum Gasteiger partial charge on any atom is 0.261 e. The number of hydrogen-bond donors (Lipinski definition) is 0. The molecular formula is C21H19N3O. The van der Waals surface area contributed by atoms with Crippen LogP contribution in [0.15, 0.2) is 47.4 Å². The third-order valence-electron chi connectivity index (χ3n) is 4.75. The van der Waals surface area contributed by atoms with Gasteiger partial charge in [0.15, 0.2) is 0 Å². The first-order valence-corrected chi connectivity index (χ1v) is 8.74. The molecule has 4 heteroatoms. The van der Waals surface area contributed by atoms with Crippen molar-refractivity contribution in [3.63, 3.8) is 0 Å². The van der Waals surface area contributed by atoms with Crippen LogP contribution in [0.1, 0.15) is 49.3 Å². The molecule has 1 aliphatic rings. The zero-order chi connectivity index (χ0) is 17.2. The summed E-state index contributed by atoms with van der Waals surface area (Å²) in [5.74, 6) is 7.07. The predicted octanol–water partition coefficient (Wildman–Crippen LogP) is 3.48. The van der Waals surface area contributed by atoms with Crippen LogP contribution in [0.3, 0.4) is 0 Å². The molecule has 1 atom stereocenters. The number of rotatable bonds is 1. The number of pyridine rings is 1. The molecule has 0 saturated carbocycles. The number of nitrogens with zero attached hydrogens (tertiary/aromatic N) is 3. The minimum absolute atomic E-state index is 0.0794. The molecule has 0 amide bonds. The summed E-state index contributed by atoms with van der Waals surface area (Å²) in [5.41, 5.74) is 2.39. The van der Waals surface area contributed by atoms with Crippen LogP contribution in [0.5, 0.6) is 0 Å². The van der Waals surface area contributed by atoms with Crippen LogP contribution in [0.4, 0.5) is 0 Å². The van der Waals surface area contributed by atoms with Gasteiger partial charge in [0, 0.05) is 24.2 Å². The molecule has 0 N–H and O–H groups in total. The van der Waals surface area contributed by atoms with E-state index in [1.54, 1.807) is 6.20 Å². The summed E-state index contributed by atoms with van der Waals surface area (Å²) in [4.78, 5) is 21.9. The second-order valence-electron chi connectivity index (χ2n) is 6.35. The number of hydrogen-bond acceptors (Lipinski definition) is 3. The first kappa shape index (κ1) is 15.6. The Morgan fingerprint density at radius 3 is 2.96 bits per heavy atom. The Hall–Kier alpha value is -2.93. The minimum Gasteiger partial charge on any atom is -0.293 e. The predicted molar refractivity (Wildman–Crippen MR) is 98.5 cm³/mol. The van der Waals surface area contributed by atoms with Gasteiger partial charge >= 0.3 is 0 Å². The first-order valence-electron chi connectivity index (χ1n) is 8.74. The Morgan fingerprint density at radius 1 is 1.24 bits per heavy atom. The van der Waals surface area contributed by atoms with Crippen molar-refractivity contribution in [2.45, 2.75) is 38.6 Å². The largest absolute Gasteiger partial charge is 0.293 e. The van der Waals surface area contributed by atoms with E-state index >= 15 is 0 Å². The minimum atomic E-state index is 0.0794. The molecule has 0 bridgehead atoms. The molecule has 4 nitrogen and oxygen atoms in total. The molecular weight excluding hydrogens is 310 g/mol. The van der Waals surface area contributed by atoms with Crippen molar-refractivity contribution in [1.29, 1.82) is 0 Å². The molecule has 124 valence electrons. The van der Waals surface area contributed by atoms with E-state index in [1.165, 1.54) is 0 Å². The number of aromatic nitrogens is 3. The lowest BCUT2D eigenvalue weighted by atomic mass is 10.0. The van der Waals surface area contributed by atoms with Crippen LogP contribution in [0.25, 0.3) is 10.9 Å². The monoisotopic (exact) mass is 329 g/mol. The van der Waals surface area contributed by atoms with E-state index in [-0.39, 0.29) is 11.6 Å². The molecule has 1 aromatic carbocycles. The average molecular weight is 329 g/mol. The van der Waals surface area contributed by atoms with Crippen molar-refractivity contribution in [2.75, 3.05) is 0 Å². The molecule has 3 aromatic rings. The fraction of sp³-hybridized carbons (Fsp3) is 0.286. The zero-order valence-corrected chi connectivity index (χ0v) is 14.2. The molecule has 1 aliphatic heterocycles. The fourth-order valence-corrected chi connectivity index (χ4v) is 3.46. The highest BCUT2D eigenvalue weighted by molar-refractivity contribution is 5.79. The van der Waals surface area contributed by atoms with Crippen LogP contribution >= 0.6 is 0 Å². The average Bonchev–Trinajstić information content (AvgIpc) is 2.66. The molecule has 0 fully saturated rings. The van der Waals surface area contributed by atoms with Gasteiger partial charge in [0.05, 0.1) is 10.9 Å². The Bertz CT molecular complexity index is 1040. The van der Waals surface area contributed by atoms with Crippen LogP contribution < -0.4 is 5.56 Å².